The Balaban J connectivity index is 2.28. The van der Waals surface area contributed by atoms with Gasteiger partial charge >= 0.3 is 0 Å². The highest BCUT2D eigenvalue weighted by Crippen LogP contribution is 2.23. The summed E-state index contributed by atoms with van der Waals surface area (Å²) in [6, 6.07) is -0.711. The third-order valence-corrected chi connectivity index (χ3v) is 12.2. The summed E-state index contributed by atoms with van der Waals surface area (Å²) < 4.78 is 11.3. The summed E-state index contributed by atoms with van der Waals surface area (Å²) in [5, 5.41) is 54.4. The zero-order chi connectivity index (χ0) is 41.6. The molecule has 0 aromatic heterocycles. The molecule has 340 valence electrons. The van der Waals surface area contributed by atoms with Crippen LogP contribution in [0.5, 0.6) is 0 Å². The molecule has 1 saturated heterocycles. The largest absolute Gasteiger partial charge is 0.394 e. The van der Waals surface area contributed by atoms with Gasteiger partial charge in [-0.05, 0) is 12.8 Å². The molecule has 1 amide bonds. The Morgan fingerprint density at radius 2 is 0.877 bits per heavy atom. The van der Waals surface area contributed by atoms with Crippen LogP contribution in [-0.2, 0) is 14.3 Å². The van der Waals surface area contributed by atoms with Gasteiger partial charge in [0.15, 0.2) is 6.29 Å². The van der Waals surface area contributed by atoms with Crippen LogP contribution in [0.25, 0.3) is 0 Å². The number of nitrogens with one attached hydrogen (secondary N) is 1. The van der Waals surface area contributed by atoms with Crippen molar-refractivity contribution in [2.24, 2.45) is 0 Å². The van der Waals surface area contributed by atoms with Gasteiger partial charge in [-0.3, -0.25) is 4.79 Å². The number of rotatable bonds is 42. The minimum Gasteiger partial charge on any atom is -0.394 e. The summed E-state index contributed by atoms with van der Waals surface area (Å²) >= 11 is 0. The summed E-state index contributed by atoms with van der Waals surface area (Å²) in [6.07, 6.45) is 36.8. The maximum atomic E-state index is 13.0. The van der Waals surface area contributed by atoms with Crippen LogP contribution in [0.2, 0.25) is 0 Å². The van der Waals surface area contributed by atoms with Crippen LogP contribution in [0, 0.1) is 0 Å². The third-order valence-electron chi connectivity index (χ3n) is 12.2. The van der Waals surface area contributed by atoms with Crippen molar-refractivity contribution in [3.8, 4) is 0 Å². The summed E-state index contributed by atoms with van der Waals surface area (Å²) in [7, 11) is 0. The zero-order valence-corrected chi connectivity index (χ0v) is 37.4. The lowest BCUT2D eigenvalue weighted by molar-refractivity contribution is -0.302. The second-order valence-electron chi connectivity index (χ2n) is 17.6. The van der Waals surface area contributed by atoms with Crippen LogP contribution < -0.4 is 5.32 Å². The number of ether oxygens (including phenoxy) is 2. The number of aliphatic hydroxyl groups is 5. The lowest BCUT2D eigenvalue weighted by atomic mass is 9.99. The lowest BCUT2D eigenvalue weighted by Crippen LogP contribution is -2.60. The maximum Gasteiger partial charge on any atom is 0.220 e. The second kappa shape index (κ2) is 39.3. The minimum absolute atomic E-state index is 0.131. The first-order chi connectivity index (χ1) is 27.8. The Labute approximate surface area is 351 Å². The summed E-state index contributed by atoms with van der Waals surface area (Å²) in [6.45, 7) is 3.86. The fourth-order valence-electron chi connectivity index (χ4n) is 8.22. The lowest BCUT2D eigenvalue weighted by Gasteiger charge is -2.40. The highest BCUT2D eigenvalue weighted by atomic mass is 16.7. The van der Waals surface area contributed by atoms with Gasteiger partial charge in [-0.15, -0.1) is 0 Å². The molecule has 1 aliphatic heterocycles. The van der Waals surface area contributed by atoms with E-state index in [9.17, 15) is 30.3 Å². The Hall–Kier alpha value is -0.810. The van der Waals surface area contributed by atoms with E-state index in [-0.39, 0.29) is 12.5 Å². The highest BCUT2D eigenvalue weighted by Gasteiger charge is 2.44. The maximum absolute atomic E-state index is 13.0. The SMILES string of the molecule is CCCCCCCCCCCCCCCCCCCC(=O)N[C@@H](CO[C@H]1O[C@@H](CO)[C@H](O)C(O)C1O)[C@H](O)CCCCCCCCCCCCCCCCCCC. The first kappa shape index (κ1) is 54.2. The van der Waals surface area contributed by atoms with Gasteiger partial charge in [-0.25, -0.2) is 0 Å². The smallest absolute Gasteiger partial charge is 0.220 e. The number of carbonyl (C=O) groups is 1. The van der Waals surface area contributed by atoms with E-state index in [4.69, 9.17) is 9.47 Å². The van der Waals surface area contributed by atoms with Crippen molar-refractivity contribution in [1.82, 2.24) is 5.32 Å². The molecule has 9 nitrogen and oxygen atoms in total. The van der Waals surface area contributed by atoms with E-state index >= 15 is 0 Å². The Morgan fingerprint density at radius 3 is 1.25 bits per heavy atom. The molecular formula is C48H95NO8. The van der Waals surface area contributed by atoms with Crippen molar-refractivity contribution in [1.29, 1.82) is 0 Å². The van der Waals surface area contributed by atoms with Gasteiger partial charge in [0, 0.05) is 6.42 Å². The van der Waals surface area contributed by atoms with Crippen molar-refractivity contribution < 1.29 is 39.8 Å². The van der Waals surface area contributed by atoms with E-state index < -0.39 is 49.5 Å². The number of hydrogen-bond acceptors (Lipinski definition) is 8. The van der Waals surface area contributed by atoms with Gasteiger partial charge in [0.25, 0.3) is 0 Å². The van der Waals surface area contributed by atoms with Crippen LogP contribution in [0.4, 0.5) is 0 Å². The van der Waals surface area contributed by atoms with Crippen LogP contribution in [0.1, 0.15) is 245 Å². The molecular weight excluding hydrogens is 719 g/mol. The van der Waals surface area contributed by atoms with E-state index in [0.717, 1.165) is 38.5 Å². The van der Waals surface area contributed by atoms with Gasteiger partial charge in [-0.1, -0.05) is 226 Å². The molecule has 2 unspecified atom stereocenters. The summed E-state index contributed by atoms with van der Waals surface area (Å²) in [5.74, 6) is -0.139. The van der Waals surface area contributed by atoms with Crippen molar-refractivity contribution in [3.05, 3.63) is 0 Å². The van der Waals surface area contributed by atoms with Gasteiger partial charge in [0.1, 0.15) is 24.4 Å². The Bertz CT molecular complexity index is 862. The number of hydrogen-bond donors (Lipinski definition) is 6. The standard InChI is InChI=1S/C48H95NO8/c1-3-5-7-9-11-13-15-17-19-21-23-25-27-29-31-33-35-37-42(51)41(40-56-48-47(55)46(54)45(53)43(39-50)57-48)49-44(52)38-36-34-32-30-28-26-24-22-20-18-16-14-12-10-8-6-4-2/h41-43,45-48,50-51,53-55H,3-40H2,1-2H3,(H,49,52)/t41-,42+,43-,45-,46?,47?,48-/m0/s1. The second-order valence-corrected chi connectivity index (χ2v) is 17.6. The summed E-state index contributed by atoms with van der Waals surface area (Å²) in [4.78, 5) is 13.0. The molecule has 0 bridgehead atoms. The molecule has 0 aromatic rings. The van der Waals surface area contributed by atoms with Crippen LogP contribution in [0.15, 0.2) is 0 Å². The van der Waals surface area contributed by atoms with E-state index in [1.54, 1.807) is 0 Å². The van der Waals surface area contributed by atoms with Crippen LogP contribution in [-0.4, -0.2) is 87.5 Å². The van der Waals surface area contributed by atoms with Gasteiger partial charge < -0.3 is 40.3 Å². The Morgan fingerprint density at radius 1 is 0.526 bits per heavy atom. The molecule has 0 radical (unpaired) electrons. The first-order valence-corrected chi connectivity index (χ1v) is 24.7. The van der Waals surface area contributed by atoms with Crippen LogP contribution >= 0.6 is 0 Å². The summed E-state index contributed by atoms with van der Waals surface area (Å²) in [5.41, 5.74) is 0. The van der Waals surface area contributed by atoms with E-state index in [1.807, 2.05) is 0 Å². The van der Waals surface area contributed by atoms with Crippen molar-refractivity contribution in [2.45, 2.75) is 288 Å². The molecule has 9 heteroatoms. The number of unbranched alkanes of at least 4 members (excludes halogenated alkanes) is 32. The van der Waals surface area contributed by atoms with E-state index in [1.165, 1.54) is 180 Å². The van der Waals surface area contributed by atoms with Crippen LogP contribution in [0.3, 0.4) is 0 Å². The molecule has 1 heterocycles. The molecule has 7 atom stereocenters. The number of carbonyl (C=O) groups excluding carboxylic acids is 1. The third kappa shape index (κ3) is 30.0. The number of amides is 1. The van der Waals surface area contributed by atoms with Crippen molar-refractivity contribution >= 4 is 5.91 Å². The molecule has 0 saturated carbocycles. The molecule has 1 fully saturated rings. The predicted molar refractivity (Wildman–Crippen MR) is 235 cm³/mol. The van der Waals surface area contributed by atoms with E-state index in [2.05, 4.69) is 19.2 Å². The van der Waals surface area contributed by atoms with Gasteiger partial charge in [-0.2, -0.15) is 0 Å². The highest BCUT2D eigenvalue weighted by molar-refractivity contribution is 5.76. The first-order valence-electron chi connectivity index (χ1n) is 24.7. The quantitative estimate of drug-likeness (QED) is 0.0334. The molecule has 0 aromatic carbocycles. The Kier molecular flexibility index (Phi) is 37.4. The van der Waals surface area contributed by atoms with Crippen molar-refractivity contribution in [3.63, 3.8) is 0 Å². The topological polar surface area (TPSA) is 149 Å². The molecule has 6 N–H and O–H groups in total. The predicted octanol–water partition coefficient (Wildman–Crippen LogP) is 10.7. The minimum atomic E-state index is -1.55. The normalized spacial score (nSPS) is 20.9. The monoisotopic (exact) mass is 814 g/mol. The average Bonchev–Trinajstić information content (AvgIpc) is 3.21. The number of aliphatic hydroxyl groups excluding tert-OH is 5. The van der Waals surface area contributed by atoms with E-state index in [0.29, 0.717) is 12.8 Å². The zero-order valence-electron chi connectivity index (χ0n) is 37.4. The average molecular weight is 814 g/mol. The fraction of sp³-hybridized carbons (Fsp3) is 0.979. The van der Waals surface area contributed by atoms with Crippen molar-refractivity contribution in [2.75, 3.05) is 13.2 Å². The fourth-order valence-corrected chi connectivity index (χ4v) is 8.22. The molecule has 0 spiro atoms. The molecule has 0 aliphatic carbocycles. The van der Waals surface area contributed by atoms with Gasteiger partial charge in [0.05, 0.1) is 25.4 Å². The molecule has 1 aliphatic rings. The molecule has 1 rings (SSSR count). The van der Waals surface area contributed by atoms with Gasteiger partial charge in [0.2, 0.25) is 5.91 Å². The molecule has 57 heavy (non-hydrogen) atoms.